The molecule has 0 amide bonds. The van der Waals surface area contributed by atoms with Crippen LogP contribution in [-0.4, -0.2) is 15.5 Å². The number of ether oxygens (including phenoxy) is 1. The second-order valence-electron chi connectivity index (χ2n) is 4.37. The Morgan fingerprint density at radius 2 is 1.71 bits per heavy atom. The highest BCUT2D eigenvalue weighted by Gasteiger charge is 2.35. The highest BCUT2D eigenvalue weighted by atomic mass is 35.7. The summed E-state index contributed by atoms with van der Waals surface area (Å²) in [7, 11) is 3.35. The van der Waals surface area contributed by atoms with E-state index in [2.05, 4.69) is 0 Å². The minimum atomic E-state index is -3.64. The van der Waals surface area contributed by atoms with Crippen LogP contribution in [0.4, 0.5) is 0 Å². The Hall–Kier alpha value is -0.580. The van der Waals surface area contributed by atoms with Gasteiger partial charge in [-0.1, -0.05) is 25.0 Å². The van der Waals surface area contributed by atoms with Crippen molar-refractivity contribution in [2.75, 3.05) is 7.11 Å². The van der Waals surface area contributed by atoms with Gasteiger partial charge in [0.25, 0.3) is 9.05 Å². The summed E-state index contributed by atoms with van der Waals surface area (Å²) in [6, 6.07) is 6.67. The van der Waals surface area contributed by atoms with Crippen LogP contribution in [0.25, 0.3) is 0 Å². The molecule has 0 spiro atoms. The van der Waals surface area contributed by atoms with Crippen LogP contribution in [0.3, 0.4) is 0 Å². The molecule has 1 aromatic carbocycles. The Kier molecular flexibility index (Phi) is 3.48. The van der Waals surface area contributed by atoms with Crippen LogP contribution >= 0.6 is 10.7 Å². The number of benzene rings is 1. The molecule has 1 aliphatic carbocycles. The second-order valence-corrected chi connectivity index (χ2v) is 6.93. The van der Waals surface area contributed by atoms with Crippen LogP contribution < -0.4 is 0 Å². The van der Waals surface area contributed by atoms with Gasteiger partial charge >= 0.3 is 0 Å². The van der Waals surface area contributed by atoms with Crippen LogP contribution in [0, 0.1) is 0 Å². The van der Waals surface area contributed by atoms with Gasteiger partial charge in [0.05, 0.1) is 10.5 Å². The highest BCUT2D eigenvalue weighted by Crippen LogP contribution is 2.41. The Labute approximate surface area is 106 Å². The lowest BCUT2D eigenvalue weighted by Crippen LogP contribution is -2.24. The summed E-state index contributed by atoms with van der Waals surface area (Å²) < 4.78 is 27.9. The fourth-order valence-corrected chi connectivity index (χ4v) is 3.25. The zero-order valence-electron chi connectivity index (χ0n) is 9.65. The Balaban J connectivity index is 2.35. The second kappa shape index (κ2) is 4.59. The first-order chi connectivity index (χ1) is 7.98. The maximum Gasteiger partial charge on any atom is 0.261 e. The van der Waals surface area contributed by atoms with E-state index in [0.717, 1.165) is 31.2 Å². The van der Waals surface area contributed by atoms with Crippen molar-refractivity contribution >= 4 is 19.7 Å². The first-order valence-corrected chi connectivity index (χ1v) is 7.89. The summed E-state index contributed by atoms with van der Waals surface area (Å²) in [5.74, 6) is 0. The molecule has 2 rings (SSSR count). The lowest BCUT2D eigenvalue weighted by atomic mass is 9.92. The van der Waals surface area contributed by atoms with Crippen molar-refractivity contribution in [3.8, 4) is 0 Å². The van der Waals surface area contributed by atoms with Crippen molar-refractivity contribution < 1.29 is 13.2 Å². The van der Waals surface area contributed by atoms with Crippen molar-refractivity contribution in [3.05, 3.63) is 29.8 Å². The smallest absolute Gasteiger partial charge is 0.261 e. The fourth-order valence-electron chi connectivity index (χ4n) is 2.48. The topological polar surface area (TPSA) is 43.4 Å². The van der Waals surface area contributed by atoms with E-state index < -0.39 is 9.05 Å². The number of hydrogen-bond donors (Lipinski definition) is 0. The van der Waals surface area contributed by atoms with Crippen molar-refractivity contribution in [2.45, 2.75) is 36.2 Å². The van der Waals surface area contributed by atoms with E-state index in [-0.39, 0.29) is 10.5 Å². The third-order valence-corrected chi connectivity index (χ3v) is 4.83. The first-order valence-electron chi connectivity index (χ1n) is 5.58. The maximum absolute atomic E-state index is 11.1. The number of rotatable bonds is 3. The molecule has 1 aromatic rings. The summed E-state index contributed by atoms with van der Waals surface area (Å²) in [4.78, 5) is 0.132. The van der Waals surface area contributed by atoms with Gasteiger partial charge < -0.3 is 4.74 Å². The minimum absolute atomic E-state index is 0.132. The van der Waals surface area contributed by atoms with Gasteiger partial charge in [0.15, 0.2) is 0 Å². The zero-order valence-corrected chi connectivity index (χ0v) is 11.2. The Bertz CT molecular complexity index is 487. The molecule has 0 aromatic heterocycles. The fraction of sp³-hybridized carbons (Fsp3) is 0.500. The van der Waals surface area contributed by atoms with E-state index in [1.54, 1.807) is 19.2 Å². The van der Waals surface area contributed by atoms with Crippen LogP contribution in [0.1, 0.15) is 31.2 Å². The van der Waals surface area contributed by atoms with Crippen molar-refractivity contribution in [2.24, 2.45) is 0 Å². The lowest BCUT2D eigenvalue weighted by Gasteiger charge is -2.28. The molecule has 17 heavy (non-hydrogen) atoms. The van der Waals surface area contributed by atoms with E-state index in [0.29, 0.717) is 0 Å². The van der Waals surface area contributed by atoms with E-state index in [4.69, 9.17) is 15.4 Å². The Morgan fingerprint density at radius 1 is 1.18 bits per heavy atom. The largest absolute Gasteiger partial charge is 0.374 e. The van der Waals surface area contributed by atoms with Crippen molar-refractivity contribution in [1.82, 2.24) is 0 Å². The summed E-state index contributed by atoms with van der Waals surface area (Å²) in [5, 5.41) is 0. The average molecular weight is 275 g/mol. The number of methoxy groups -OCH3 is 1. The molecular weight excluding hydrogens is 260 g/mol. The highest BCUT2D eigenvalue weighted by molar-refractivity contribution is 8.13. The quantitative estimate of drug-likeness (QED) is 0.796. The van der Waals surface area contributed by atoms with E-state index in [9.17, 15) is 8.42 Å². The lowest BCUT2D eigenvalue weighted by molar-refractivity contribution is -0.00874. The van der Waals surface area contributed by atoms with Crippen molar-refractivity contribution in [3.63, 3.8) is 0 Å². The Morgan fingerprint density at radius 3 is 2.12 bits per heavy atom. The molecule has 1 aliphatic rings. The SMILES string of the molecule is COC1(c2ccc(S(=O)(=O)Cl)cc2)CCCC1. The van der Waals surface area contributed by atoms with Crippen LogP contribution in [0.2, 0.25) is 0 Å². The van der Waals surface area contributed by atoms with Gasteiger partial charge in [-0.15, -0.1) is 0 Å². The predicted octanol–water partition coefficient (Wildman–Crippen LogP) is 3.03. The average Bonchev–Trinajstić information content (AvgIpc) is 2.78. The number of hydrogen-bond acceptors (Lipinski definition) is 3. The molecular formula is C12H15ClO3S. The van der Waals surface area contributed by atoms with Crippen LogP contribution in [-0.2, 0) is 19.4 Å². The van der Waals surface area contributed by atoms with E-state index in [1.165, 1.54) is 12.1 Å². The predicted molar refractivity (Wildman–Crippen MR) is 66.6 cm³/mol. The molecule has 0 aliphatic heterocycles. The normalized spacial score (nSPS) is 19.4. The van der Waals surface area contributed by atoms with E-state index in [1.807, 2.05) is 0 Å². The molecule has 94 valence electrons. The first kappa shape index (κ1) is 12.9. The maximum atomic E-state index is 11.1. The van der Waals surface area contributed by atoms with Gasteiger partial charge in [-0.05, 0) is 30.5 Å². The third kappa shape index (κ3) is 2.49. The minimum Gasteiger partial charge on any atom is -0.374 e. The molecule has 0 atom stereocenters. The van der Waals surface area contributed by atoms with Crippen LogP contribution in [0.5, 0.6) is 0 Å². The monoisotopic (exact) mass is 274 g/mol. The van der Waals surface area contributed by atoms with Gasteiger partial charge in [0.1, 0.15) is 0 Å². The third-order valence-electron chi connectivity index (χ3n) is 3.46. The standard InChI is InChI=1S/C12H15ClO3S/c1-16-12(8-2-3-9-12)10-4-6-11(7-5-10)17(13,14)15/h4-7H,2-3,8-9H2,1H3. The summed E-state index contributed by atoms with van der Waals surface area (Å²) in [6.45, 7) is 0. The van der Waals surface area contributed by atoms with Gasteiger partial charge in [0.2, 0.25) is 0 Å². The summed E-state index contributed by atoms with van der Waals surface area (Å²) >= 11 is 0. The number of halogens is 1. The van der Waals surface area contributed by atoms with Crippen LogP contribution in [0.15, 0.2) is 29.2 Å². The molecule has 5 heteroatoms. The van der Waals surface area contributed by atoms with Crippen molar-refractivity contribution in [1.29, 1.82) is 0 Å². The van der Waals surface area contributed by atoms with Gasteiger partial charge in [-0.3, -0.25) is 0 Å². The molecule has 0 bridgehead atoms. The van der Waals surface area contributed by atoms with Gasteiger partial charge in [-0.25, -0.2) is 8.42 Å². The van der Waals surface area contributed by atoms with E-state index >= 15 is 0 Å². The van der Waals surface area contributed by atoms with Gasteiger partial charge in [-0.2, -0.15) is 0 Å². The molecule has 0 N–H and O–H groups in total. The molecule has 0 heterocycles. The molecule has 1 saturated carbocycles. The van der Waals surface area contributed by atoms with Gasteiger partial charge in [0, 0.05) is 17.8 Å². The molecule has 3 nitrogen and oxygen atoms in total. The molecule has 1 fully saturated rings. The molecule has 0 unspecified atom stereocenters. The molecule has 0 saturated heterocycles. The summed E-state index contributed by atoms with van der Waals surface area (Å²) in [6.07, 6.45) is 4.25. The summed E-state index contributed by atoms with van der Waals surface area (Å²) in [5.41, 5.74) is 0.788. The molecule has 0 radical (unpaired) electrons. The zero-order chi connectivity index (χ0) is 12.5.